The van der Waals surface area contributed by atoms with E-state index in [9.17, 15) is 8.42 Å². The molecule has 0 unspecified atom stereocenters. The monoisotopic (exact) mass is 376 g/mol. The lowest BCUT2D eigenvalue weighted by molar-refractivity contribution is 0.439. The van der Waals surface area contributed by atoms with Crippen LogP contribution in [-0.2, 0) is 16.6 Å². The lowest BCUT2D eigenvalue weighted by atomic mass is 10.0. The van der Waals surface area contributed by atoms with E-state index in [4.69, 9.17) is 0 Å². The van der Waals surface area contributed by atoms with Crippen molar-refractivity contribution in [3.8, 4) is 0 Å². The van der Waals surface area contributed by atoms with Crippen LogP contribution in [0.4, 0.5) is 0 Å². The van der Waals surface area contributed by atoms with Gasteiger partial charge in [-0.05, 0) is 66.9 Å². The number of hydrogen-bond donors (Lipinski definition) is 2. The highest BCUT2D eigenvalue weighted by atomic mass is 79.9. The van der Waals surface area contributed by atoms with Crippen LogP contribution in [0.3, 0.4) is 0 Å². The first-order valence-electron chi connectivity index (χ1n) is 7.25. The van der Waals surface area contributed by atoms with Gasteiger partial charge in [-0.25, -0.2) is 13.1 Å². The fourth-order valence-corrected chi connectivity index (χ4v) is 4.38. The van der Waals surface area contributed by atoms with Crippen molar-refractivity contribution < 1.29 is 8.42 Å². The van der Waals surface area contributed by atoms with Crippen LogP contribution in [0.5, 0.6) is 0 Å². The number of rotatable bonds is 8. The van der Waals surface area contributed by atoms with Gasteiger partial charge in [0.25, 0.3) is 0 Å². The van der Waals surface area contributed by atoms with Crippen LogP contribution < -0.4 is 10.0 Å². The zero-order chi connectivity index (χ0) is 16.1. The van der Waals surface area contributed by atoms with Crippen molar-refractivity contribution in [2.24, 2.45) is 0 Å². The maximum atomic E-state index is 12.4. The van der Waals surface area contributed by atoms with E-state index >= 15 is 0 Å². The smallest absolute Gasteiger partial charge is 0.242 e. The van der Waals surface area contributed by atoms with Crippen LogP contribution in [0.25, 0.3) is 0 Å². The largest absolute Gasteiger partial charge is 0.313 e. The highest BCUT2D eigenvalue weighted by Crippen LogP contribution is 2.25. The van der Waals surface area contributed by atoms with Gasteiger partial charge in [-0.3, -0.25) is 0 Å². The van der Waals surface area contributed by atoms with Crippen LogP contribution in [0.15, 0.2) is 27.6 Å². The van der Waals surface area contributed by atoms with Crippen molar-refractivity contribution in [2.75, 3.05) is 6.54 Å². The van der Waals surface area contributed by atoms with Crippen molar-refractivity contribution in [1.29, 1.82) is 0 Å². The van der Waals surface area contributed by atoms with E-state index in [1.807, 2.05) is 32.9 Å². The molecule has 0 aliphatic heterocycles. The molecule has 0 spiro atoms. The first-order valence-corrected chi connectivity index (χ1v) is 9.52. The van der Waals surface area contributed by atoms with E-state index in [1.54, 1.807) is 6.07 Å². The van der Waals surface area contributed by atoms with Crippen molar-refractivity contribution in [3.05, 3.63) is 28.2 Å². The first-order chi connectivity index (χ1) is 9.72. The third-order valence-corrected chi connectivity index (χ3v) is 6.01. The molecule has 0 heterocycles. The second kappa shape index (κ2) is 7.72. The molecule has 0 atom stereocenters. The average Bonchev–Trinajstić information content (AvgIpc) is 2.37. The molecule has 2 N–H and O–H groups in total. The molecular weight excluding hydrogens is 352 g/mol. The Bertz CT molecular complexity index is 571. The van der Waals surface area contributed by atoms with Gasteiger partial charge in [-0.1, -0.05) is 19.9 Å². The normalized spacial score (nSPS) is 12.6. The van der Waals surface area contributed by atoms with Crippen LogP contribution >= 0.6 is 15.9 Å². The number of benzene rings is 1. The molecule has 1 aromatic carbocycles. The van der Waals surface area contributed by atoms with E-state index in [-0.39, 0.29) is 4.90 Å². The summed E-state index contributed by atoms with van der Waals surface area (Å²) in [5.41, 5.74) is 0.601. The standard InChI is InChI=1S/C15H25BrN2O2S/c1-5-9-17-11-12-7-8-14(13(16)10-12)21(19,20)18-15(3,4)6-2/h7-8,10,17-18H,5-6,9,11H2,1-4H3. The maximum Gasteiger partial charge on any atom is 0.242 e. The first kappa shape index (κ1) is 18.6. The third kappa shape index (κ3) is 5.70. The predicted octanol–water partition coefficient (Wildman–Crippen LogP) is 3.42. The third-order valence-electron chi connectivity index (χ3n) is 3.34. The van der Waals surface area contributed by atoms with Gasteiger partial charge < -0.3 is 5.32 Å². The van der Waals surface area contributed by atoms with Crippen molar-refractivity contribution in [1.82, 2.24) is 10.0 Å². The number of halogens is 1. The summed E-state index contributed by atoms with van der Waals surface area (Å²) in [6.45, 7) is 9.51. The molecule has 0 bridgehead atoms. The minimum absolute atomic E-state index is 0.281. The average molecular weight is 377 g/mol. The SMILES string of the molecule is CCCNCc1ccc(S(=O)(=O)NC(C)(C)CC)c(Br)c1. The molecule has 1 rings (SSSR count). The molecule has 6 heteroatoms. The summed E-state index contributed by atoms with van der Waals surface area (Å²) in [6, 6.07) is 5.36. The molecule has 4 nitrogen and oxygen atoms in total. The van der Waals surface area contributed by atoms with Gasteiger partial charge in [0, 0.05) is 16.6 Å². The van der Waals surface area contributed by atoms with E-state index in [1.165, 1.54) is 0 Å². The molecule has 0 aliphatic carbocycles. The van der Waals surface area contributed by atoms with E-state index in [2.05, 4.69) is 32.9 Å². The van der Waals surface area contributed by atoms with Gasteiger partial charge in [-0.2, -0.15) is 0 Å². The van der Waals surface area contributed by atoms with Crippen molar-refractivity contribution in [3.63, 3.8) is 0 Å². The summed E-state index contributed by atoms with van der Waals surface area (Å²) >= 11 is 3.37. The van der Waals surface area contributed by atoms with Crippen molar-refractivity contribution >= 4 is 26.0 Å². The molecule has 1 aromatic rings. The van der Waals surface area contributed by atoms with Crippen LogP contribution in [0.2, 0.25) is 0 Å². The summed E-state index contributed by atoms with van der Waals surface area (Å²) in [5, 5.41) is 3.30. The van der Waals surface area contributed by atoms with Gasteiger partial charge in [0.05, 0.1) is 4.90 Å². The molecule has 120 valence electrons. The lowest BCUT2D eigenvalue weighted by Crippen LogP contribution is -2.42. The zero-order valence-corrected chi connectivity index (χ0v) is 15.6. The number of hydrogen-bond acceptors (Lipinski definition) is 3. The quantitative estimate of drug-likeness (QED) is 0.683. The highest BCUT2D eigenvalue weighted by molar-refractivity contribution is 9.10. The maximum absolute atomic E-state index is 12.4. The summed E-state index contributed by atoms with van der Waals surface area (Å²) in [4.78, 5) is 0.281. The Morgan fingerprint density at radius 1 is 1.24 bits per heavy atom. The molecule has 0 saturated heterocycles. The summed E-state index contributed by atoms with van der Waals surface area (Å²) < 4.78 is 28.2. The fraction of sp³-hybridized carbons (Fsp3) is 0.600. The summed E-state index contributed by atoms with van der Waals surface area (Å²) in [6.07, 6.45) is 1.80. The predicted molar refractivity (Wildman–Crippen MR) is 90.8 cm³/mol. The molecule has 0 saturated carbocycles. The molecule has 0 fully saturated rings. The van der Waals surface area contributed by atoms with Gasteiger partial charge >= 0.3 is 0 Å². The van der Waals surface area contributed by atoms with Crippen molar-refractivity contribution in [2.45, 2.75) is 57.5 Å². The van der Waals surface area contributed by atoms with E-state index in [0.717, 1.165) is 31.5 Å². The van der Waals surface area contributed by atoms with Gasteiger partial charge in [0.1, 0.15) is 0 Å². The fourth-order valence-electron chi connectivity index (χ4n) is 1.77. The zero-order valence-electron chi connectivity index (χ0n) is 13.2. The Hall–Kier alpha value is -0.430. The minimum Gasteiger partial charge on any atom is -0.313 e. The Balaban J connectivity index is 2.93. The topological polar surface area (TPSA) is 58.2 Å². The molecule has 0 aliphatic rings. The van der Waals surface area contributed by atoms with E-state index < -0.39 is 15.6 Å². The molecular formula is C15H25BrN2O2S. The van der Waals surface area contributed by atoms with Crippen LogP contribution in [0.1, 0.15) is 46.1 Å². The van der Waals surface area contributed by atoms with Gasteiger partial charge in [0.2, 0.25) is 10.0 Å². The second-order valence-electron chi connectivity index (χ2n) is 5.78. The van der Waals surface area contributed by atoms with Crippen LogP contribution in [0, 0.1) is 0 Å². The number of sulfonamides is 1. The molecule has 0 amide bonds. The lowest BCUT2D eigenvalue weighted by Gasteiger charge is -2.24. The van der Waals surface area contributed by atoms with E-state index in [0.29, 0.717) is 4.47 Å². The molecule has 21 heavy (non-hydrogen) atoms. The molecule has 0 radical (unpaired) electrons. The second-order valence-corrected chi connectivity index (χ2v) is 8.29. The summed E-state index contributed by atoms with van der Waals surface area (Å²) in [7, 11) is -3.52. The Kier molecular flexibility index (Phi) is 6.84. The van der Waals surface area contributed by atoms with Crippen LogP contribution in [-0.4, -0.2) is 20.5 Å². The Morgan fingerprint density at radius 3 is 2.43 bits per heavy atom. The Labute approximate surface area is 136 Å². The summed E-state index contributed by atoms with van der Waals surface area (Å²) in [5.74, 6) is 0. The van der Waals surface area contributed by atoms with Gasteiger partial charge in [-0.15, -0.1) is 0 Å². The number of nitrogens with one attached hydrogen (secondary N) is 2. The van der Waals surface area contributed by atoms with Gasteiger partial charge in [0.15, 0.2) is 0 Å². The molecule has 0 aromatic heterocycles. The minimum atomic E-state index is -3.52. The highest BCUT2D eigenvalue weighted by Gasteiger charge is 2.26. The Morgan fingerprint density at radius 2 is 1.90 bits per heavy atom.